The fourth-order valence-corrected chi connectivity index (χ4v) is 3.49. The van der Waals surface area contributed by atoms with E-state index in [1.54, 1.807) is 29.8 Å². The first-order chi connectivity index (χ1) is 9.25. The van der Waals surface area contributed by atoms with Crippen LogP contribution in [0.25, 0.3) is 0 Å². The molecule has 1 aliphatic rings. The van der Waals surface area contributed by atoms with E-state index in [9.17, 15) is 4.79 Å². The molecule has 0 aromatic carbocycles. The molecule has 3 N–H and O–H groups in total. The van der Waals surface area contributed by atoms with E-state index >= 15 is 0 Å². The number of nitrogens with zero attached hydrogens (tertiary/aromatic N) is 1. The predicted molar refractivity (Wildman–Crippen MR) is 77.3 cm³/mol. The van der Waals surface area contributed by atoms with Crippen molar-refractivity contribution in [3.63, 3.8) is 0 Å². The number of carbonyl (C=O) groups is 1. The minimum absolute atomic E-state index is 0.0252. The van der Waals surface area contributed by atoms with Crippen LogP contribution in [0, 0.1) is 0 Å². The minimum atomic E-state index is -0.0532. The van der Waals surface area contributed by atoms with E-state index in [0.29, 0.717) is 11.4 Å². The van der Waals surface area contributed by atoms with E-state index in [4.69, 9.17) is 5.73 Å². The van der Waals surface area contributed by atoms with Crippen molar-refractivity contribution in [2.24, 2.45) is 0 Å². The number of nitrogens with one attached hydrogen (secondary N) is 1. The first kappa shape index (κ1) is 12.2. The first-order valence-electron chi connectivity index (χ1n) is 6.32. The van der Waals surface area contributed by atoms with Gasteiger partial charge in [-0.15, -0.1) is 11.3 Å². The monoisotopic (exact) mass is 273 g/mol. The van der Waals surface area contributed by atoms with Gasteiger partial charge in [0.05, 0.1) is 23.5 Å². The van der Waals surface area contributed by atoms with Crippen LogP contribution in [0.1, 0.15) is 29.2 Å². The summed E-state index contributed by atoms with van der Waals surface area (Å²) in [4.78, 5) is 17.7. The van der Waals surface area contributed by atoms with E-state index in [-0.39, 0.29) is 11.8 Å². The zero-order valence-corrected chi connectivity index (χ0v) is 11.2. The summed E-state index contributed by atoms with van der Waals surface area (Å²) < 4.78 is 0. The van der Waals surface area contributed by atoms with Crippen molar-refractivity contribution >= 4 is 28.6 Å². The number of thiophene rings is 1. The van der Waals surface area contributed by atoms with Gasteiger partial charge in [-0.05, 0) is 42.3 Å². The second-order valence-corrected chi connectivity index (χ2v) is 5.70. The Morgan fingerprint density at radius 3 is 3.21 bits per heavy atom. The summed E-state index contributed by atoms with van der Waals surface area (Å²) in [6, 6.07) is 3.80. The standard InChI is InChI=1S/C14H15N3OS/c15-11-8-16-6-4-12(11)17-14(18)10-2-1-3-13-9(10)5-7-19-13/h4-8,10H,1-3,15H2,(H,16,17,18). The van der Waals surface area contributed by atoms with Gasteiger partial charge in [0.1, 0.15) is 0 Å². The van der Waals surface area contributed by atoms with Crippen molar-refractivity contribution in [3.8, 4) is 0 Å². The van der Waals surface area contributed by atoms with Crippen LogP contribution < -0.4 is 11.1 Å². The van der Waals surface area contributed by atoms with Crippen molar-refractivity contribution in [3.05, 3.63) is 40.3 Å². The Morgan fingerprint density at radius 2 is 2.37 bits per heavy atom. The molecule has 1 unspecified atom stereocenters. The molecule has 19 heavy (non-hydrogen) atoms. The molecule has 1 amide bonds. The average molecular weight is 273 g/mol. The summed E-state index contributed by atoms with van der Waals surface area (Å²) in [6.07, 6.45) is 6.24. The highest BCUT2D eigenvalue weighted by Crippen LogP contribution is 2.35. The lowest BCUT2D eigenvalue weighted by molar-refractivity contribution is -0.117. The van der Waals surface area contributed by atoms with Crippen molar-refractivity contribution in [1.29, 1.82) is 0 Å². The molecule has 0 aliphatic heterocycles. The lowest BCUT2D eigenvalue weighted by Gasteiger charge is -2.22. The topological polar surface area (TPSA) is 68.0 Å². The summed E-state index contributed by atoms with van der Waals surface area (Å²) in [5.74, 6) is -0.0279. The SMILES string of the molecule is Nc1cnccc1NC(=O)C1CCCc2sccc21. The van der Waals surface area contributed by atoms with Crippen LogP contribution in [0.2, 0.25) is 0 Å². The normalized spacial score (nSPS) is 17.8. The van der Waals surface area contributed by atoms with Gasteiger partial charge in [-0.3, -0.25) is 9.78 Å². The molecule has 0 fully saturated rings. The molecule has 0 saturated heterocycles. The Morgan fingerprint density at radius 1 is 1.47 bits per heavy atom. The Hall–Kier alpha value is -1.88. The van der Waals surface area contributed by atoms with E-state index in [1.165, 1.54) is 10.4 Å². The summed E-state index contributed by atoms with van der Waals surface area (Å²) in [6.45, 7) is 0. The third kappa shape index (κ3) is 2.33. The second kappa shape index (κ2) is 5.01. The van der Waals surface area contributed by atoms with Gasteiger partial charge in [-0.25, -0.2) is 0 Å². The van der Waals surface area contributed by atoms with Gasteiger partial charge in [0.2, 0.25) is 5.91 Å². The summed E-state index contributed by atoms with van der Waals surface area (Å²) in [5, 5.41) is 4.98. The summed E-state index contributed by atoms with van der Waals surface area (Å²) >= 11 is 1.74. The van der Waals surface area contributed by atoms with Crippen LogP contribution in [-0.4, -0.2) is 10.9 Å². The van der Waals surface area contributed by atoms with Crippen LogP contribution in [-0.2, 0) is 11.2 Å². The first-order valence-corrected chi connectivity index (χ1v) is 7.20. The molecule has 0 bridgehead atoms. The molecule has 4 nitrogen and oxygen atoms in total. The van der Waals surface area contributed by atoms with E-state index < -0.39 is 0 Å². The number of rotatable bonds is 2. The maximum absolute atomic E-state index is 12.4. The molecule has 0 spiro atoms. The molecule has 5 heteroatoms. The van der Waals surface area contributed by atoms with E-state index in [1.807, 2.05) is 0 Å². The van der Waals surface area contributed by atoms with Crippen molar-refractivity contribution in [2.45, 2.75) is 25.2 Å². The third-order valence-electron chi connectivity index (χ3n) is 3.48. The number of pyridine rings is 1. The predicted octanol–water partition coefficient (Wildman–Crippen LogP) is 2.78. The average Bonchev–Trinajstić information content (AvgIpc) is 2.89. The number of hydrogen-bond donors (Lipinski definition) is 2. The molecule has 1 atom stereocenters. The fourth-order valence-electron chi connectivity index (χ4n) is 2.50. The fraction of sp³-hybridized carbons (Fsp3) is 0.286. The molecule has 0 radical (unpaired) electrons. The maximum Gasteiger partial charge on any atom is 0.232 e. The van der Waals surface area contributed by atoms with Gasteiger partial charge < -0.3 is 11.1 Å². The molecular weight excluding hydrogens is 258 g/mol. The third-order valence-corrected chi connectivity index (χ3v) is 4.47. The van der Waals surface area contributed by atoms with Gasteiger partial charge in [0.25, 0.3) is 0 Å². The highest BCUT2D eigenvalue weighted by molar-refractivity contribution is 7.10. The molecule has 98 valence electrons. The van der Waals surface area contributed by atoms with Crippen LogP contribution in [0.15, 0.2) is 29.9 Å². The van der Waals surface area contributed by atoms with Gasteiger partial charge >= 0.3 is 0 Å². The van der Waals surface area contributed by atoms with Crippen LogP contribution in [0.5, 0.6) is 0 Å². The maximum atomic E-state index is 12.4. The van der Waals surface area contributed by atoms with Crippen LogP contribution in [0.3, 0.4) is 0 Å². The highest BCUT2D eigenvalue weighted by Gasteiger charge is 2.27. The van der Waals surface area contributed by atoms with Gasteiger partial charge in [0.15, 0.2) is 0 Å². The van der Waals surface area contributed by atoms with Crippen molar-refractivity contribution in [2.75, 3.05) is 11.1 Å². The molecular formula is C14H15N3OS. The van der Waals surface area contributed by atoms with Crippen molar-refractivity contribution < 1.29 is 4.79 Å². The van der Waals surface area contributed by atoms with Crippen molar-refractivity contribution in [1.82, 2.24) is 4.98 Å². The lowest BCUT2D eigenvalue weighted by atomic mass is 9.87. The van der Waals surface area contributed by atoms with Gasteiger partial charge in [-0.2, -0.15) is 0 Å². The lowest BCUT2D eigenvalue weighted by Crippen LogP contribution is -2.24. The smallest absolute Gasteiger partial charge is 0.232 e. The Balaban J connectivity index is 1.81. The van der Waals surface area contributed by atoms with Crippen LogP contribution in [0.4, 0.5) is 11.4 Å². The second-order valence-electron chi connectivity index (χ2n) is 4.70. The largest absolute Gasteiger partial charge is 0.396 e. The number of carbonyl (C=O) groups excluding carboxylic acids is 1. The zero-order chi connectivity index (χ0) is 13.2. The van der Waals surface area contributed by atoms with Gasteiger partial charge in [-0.1, -0.05) is 0 Å². The van der Waals surface area contributed by atoms with Crippen LogP contribution >= 0.6 is 11.3 Å². The Kier molecular flexibility index (Phi) is 3.21. The molecule has 3 rings (SSSR count). The number of nitrogen functional groups attached to an aromatic ring is 1. The Bertz CT molecular complexity index is 608. The molecule has 0 saturated carbocycles. The summed E-state index contributed by atoms with van der Waals surface area (Å²) in [5.41, 5.74) is 8.12. The molecule has 2 heterocycles. The molecule has 2 aromatic rings. The molecule has 1 aliphatic carbocycles. The van der Waals surface area contributed by atoms with E-state index in [2.05, 4.69) is 21.7 Å². The highest BCUT2D eigenvalue weighted by atomic mass is 32.1. The summed E-state index contributed by atoms with van der Waals surface area (Å²) in [7, 11) is 0. The molecule has 2 aromatic heterocycles. The number of anilines is 2. The number of aromatic nitrogens is 1. The number of hydrogen-bond acceptors (Lipinski definition) is 4. The minimum Gasteiger partial charge on any atom is -0.396 e. The number of amides is 1. The zero-order valence-electron chi connectivity index (χ0n) is 10.4. The number of fused-ring (bicyclic) bond motifs is 1. The van der Waals surface area contributed by atoms with E-state index in [0.717, 1.165) is 19.3 Å². The number of nitrogens with two attached hydrogens (primary N) is 1. The van der Waals surface area contributed by atoms with Gasteiger partial charge in [0, 0.05) is 11.1 Å². The quantitative estimate of drug-likeness (QED) is 0.884. The Labute approximate surface area is 115 Å². The number of aryl methyl sites for hydroxylation is 1.